The molecule has 0 aromatic heterocycles. The van der Waals surface area contributed by atoms with Crippen molar-refractivity contribution in [1.29, 1.82) is 0 Å². The maximum atomic E-state index is 11.1. The average molecular weight is 339 g/mol. The van der Waals surface area contributed by atoms with E-state index in [2.05, 4.69) is 12.1 Å². The van der Waals surface area contributed by atoms with Gasteiger partial charge in [-0.15, -0.1) is 0 Å². The van der Waals surface area contributed by atoms with Crippen LogP contribution in [0.1, 0.15) is 15.9 Å². The molecule has 2 rings (SSSR count). The van der Waals surface area contributed by atoms with Crippen molar-refractivity contribution in [3.8, 4) is 0 Å². The molecule has 1 N–H and O–H groups in total. The monoisotopic (exact) mass is 339 g/mol. The zero-order chi connectivity index (χ0) is 12.3. The molecule has 0 spiro atoms. The number of carboxylic acid groups (broad SMARTS) is 1. The van der Waals surface area contributed by atoms with Crippen LogP contribution >= 0.6 is 0 Å². The Morgan fingerprint density at radius 2 is 1.82 bits per heavy atom. The average Bonchev–Trinajstić information content (AvgIpc) is 2.30. The fourth-order valence-electron chi connectivity index (χ4n) is 1.47. The van der Waals surface area contributed by atoms with Crippen LogP contribution in [0, 0.1) is 14.1 Å². The van der Waals surface area contributed by atoms with Crippen LogP contribution in [0.3, 0.4) is 0 Å². The second-order valence-electron chi connectivity index (χ2n) is 3.68. The number of aromatic carboxylic acids is 1. The molecule has 0 heterocycles. The van der Waals surface area contributed by atoms with Crippen molar-refractivity contribution in [2.45, 2.75) is 6.92 Å². The van der Waals surface area contributed by atoms with Gasteiger partial charge in [-0.3, -0.25) is 0 Å². The Morgan fingerprint density at radius 1 is 1.12 bits per heavy atom. The molecule has 0 radical (unpaired) electrons. The molecule has 0 aliphatic carbocycles. The Balaban J connectivity index is 2.37. The summed E-state index contributed by atoms with van der Waals surface area (Å²) in [6, 6.07) is 15.6. The second-order valence-corrected chi connectivity index (χ2v) is 6.63. The van der Waals surface area contributed by atoms with Crippen LogP contribution in [0.2, 0.25) is 0 Å². The van der Waals surface area contributed by atoms with Crippen LogP contribution in [-0.2, 0) is 0 Å². The summed E-state index contributed by atoms with van der Waals surface area (Å²) in [7, 11) is 0. The van der Waals surface area contributed by atoms with Gasteiger partial charge in [0.15, 0.2) is 0 Å². The fraction of sp³-hybridized carbons (Fsp3) is 0.0714. The van der Waals surface area contributed by atoms with Crippen molar-refractivity contribution >= 4 is 5.97 Å². The molecule has 2 aromatic rings. The summed E-state index contributed by atoms with van der Waals surface area (Å²) in [5.74, 6) is -0.837. The predicted molar refractivity (Wildman–Crippen MR) is 62.0 cm³/mol. The molecule has 0 unspecified atom stereocenters. The van der Waals surface area contributed by atoms with Gasteiger partial charge in [0.25, 0.3) is 0 Å². The van der Waals surface area contributed by atoms with Gasteiger partial charge in [-0.1, -0.05) is 0 Å². The second kappa shape index (κ2) is 5.31. The van der Waals surface area contributed by atoms with Gasteiger partial charge < -0.3 is 0 Å². The van der Waals surface area contributed by atoms with Gasteiger partial charge in [0.05, 0.1) is 0 Å². The summed E-state index contributed by atoms with van der Waals surface area (Å²) in [5, 5.41) is 9.15. The first-order valence-corrected chi connectivity index (χ1v) is 7.36. The minimum atomic E-state index is -0.837. The zero-order valence-electron chi connectivity index (χ0n) is 9.35. The molecule has 0 saturated heterocycles. The number of carboxylic acids is 1. The predicted octanol–water partition coefficient (Wildman–Crippen LogP) is -0.178. The van der Waals surface area contributed by atoms with Crippen LogP contribution in [0.25, 0.3) is 0 Å². The van der Waals surface area contributed by atoms with E-state index >= 15 is 0 Å². The van der Waals surface area contributed by atoms with E-state index in [9.17, 15) is 4.79 Å². The Kier molecular flexibility index (Phi) is 3.78. The van der Waals surface area contributed by atoms with Gasteiger partial charge in [0, 0.05) is 0 Å². The van der Waals surface area contributed by atoms with E-state index in [0.29, 0.717) is 5.56 Å². The molecule has 88 valence electrons. The number of benzene rings is 2. The molecule has 0 aliphatic heterocycles. The van der Waals surface area contributed by atoms with Gasteiger partial charge in [-0.25, -0.2) is 0 Å². The summed E-state index contributed by atoms with van der Waals surface area (Å²) >= 11 is -0.424. The topological polar surface area (TPSA) is 37.3 Å². The van der Waals surface area contributed by atoms with Crippen molar-refractivity contribution in [2.75, 3.05) is 0 Å². The van der Waals surface area contributed by atoms with Crippen LogP contribution in [0.15, 0.2) is 48.5 Å². The van der Waals surface area contributed by atoms with E-state index in [4.69, 9.17) is 5.11 Å². The van der Waals surface area contributed by atoms with E-state index < -0.39 is 27.2 Å². The number of aryl methyl sites for hydroxylation is 1. The van der Waals surface area contributed by atoms with Crippen molar-refractivity contribution in [2.24, 2.45) is 0 Å². The van der Waals surface area contributed by atoms with Crippen molar-refractivity contribution in [3.63, 3.8) is 0 Å². The third-order valence-corrected chi connectivity index (χ3v) is 5.11. The van der Waals surface area contributed by atoms with Gasteiger partial charge in [0.2, 0.25) is 0 Å². The zero-order valence-corrected chi connectivity index (χ0v) is 11.5. The number of hydrogen-bond donors (Lipinski definition) is 1. The molecule has 0 amide bonds. The minimum absolute atomic E-state index is 0.424. The number of halogens is 1. The van der Waals surface area contributed by atoms with Crippen LogP contribution in [0.5, 0.6) is 0 Å². The maximum absolute atomic E-state index is 11.1. The first kappa shape index (κ1) is 12.1. The standard InChI is InChI=1S/C14H12IO2/c1-10-7-8-12(14(16)17)13(9-10)15-11-5-3-2-4-6-11/h2-9H,1H3,(H,16,17)/q-1. The fourth-order valence-corrected chi connectivity index (χ4v) is 4.26. The normalized spacial score (nSPS) is 10.4. The molecule has 0 atom stereocenters. The SMILES string of the molecule is Cc1ccc(C(=O)O)c([I-]c2ccccc2)c1. The Labute approximate surface area is 111 Å². The first-order valence-electron chi connectivity index (χ1n) is 5.20. The van der Waals surface area contributed by atoms with E-state index in [1.165, 1.54) is 3.57 Å². The molecule has 2 aromatic carbocycles. The molecule has 0 fully saturated rings. The summed E-state index contributed by atoms with van der Waals surface area (Å²) in [4.78, 5) is 11.1. The number of carbonyl (C=O) groups is 1. The summed E-state index contributed by atoms with van der Waals surface area (Å²) in [5.41, 5.74) is 1.55. The third-order valence-electron chi connectivity index (χ3n) is 2.30. The molecule has 0 saturated carbocycles. The quantitative estimate of drug-likeness (QED) is 0.788. The summed E-state index contributed by atoms with van der Waals surface area (Å²) in [6.45, 7) is 1.99. The first-order chi connectivity index (χ1) is 8.16. The van der Waals surface area contributed by atoms with E-state index in [1.807, 2.05) is 37.3 Å². The van der Waals surface area contributed by atoms with Crippen molar-refractivity contribution in [1.82, 2.24) is 0 Å². The Bertz CT molecular complexity index is 535. The Hall–Kier alpha value is -1.36. The number of hydrogen-bond acceptors (Lipinski definition) is 1. The van der Waals surface area contributed by atoms with Gasteiger partial charge in [-0.05, 0) is 0 Å². The van der Waals surface area contributed by atoms with Gasteiger partial charge in [0.1, 0.15) is 0 Å². The molecule has 17 heavy (non-hydrogen) atoms. The van der Waals surface area contributed by atoms with E-state index in [-0.39, 0.29) is 0 Å². The third kappa shape index (κ3) is 3.06. The van der Waals surface area contributed by atoms with Crippen molar-refractivity contribution < 1.29 is 31.1 Å². The molecular formula is C14H12IO2-. The van der Waals surface area contributed by atoms with Crippen LogP contribution in [0.4, 0.5) is 0 Å². The summed E-state index contributed by atoms with van der Waals surface area (Å²) in [6.07, 6.45) is 0. The van der Waals surface area contributed by atoms with Crippen molar-refractivity contribution in [3.05, 3.63) is 66.8 Å². The van der Waals surface area contributed by atoms with Crippen LogP contribution < -0.4 is 21.2 Å². The molecule has 0 bridgehead atoms. The van der Waals surface area contributed by atoms with Crippen LogP contribution in [-0.4, -0.2) is 11.1 Å². The summed E-state index contributed by atoms with van der Waals surface area (Å²) < 4.78 is 2.21. The Morgan fingerprint density at radius 3 is 2.47 bits per heavy atom. The number of rotatable bonds is 3. The van der Waals surface area contributed by atoms with Gasteiger partial charge >= 0.3 is 111 Å². The molecular weight excluding hydrogens is 327 g/mol. The molecule has 0 aliphatic rings. The molecule has 3 heteroatoms. The van der Waals surface area contributed by atoms with E-state index in [1.54, 1.807) is 6.07 Å². The van der Waals surface area contributed by atoms with E-state index in [0.717, 1.165) is 9.13 Å². The molecule has 2 nitrogen and oxygen atoms in total. The van der Waals surface area contributed by atoms with Gasteiger partial charge in [-0.2, -0.15) is 0 Å².